The number of hydrogen-bond donors (Lipinski definition) is 0. The fraction of sp³-hybridized carbons (Fsp3) is 0.333. The molecule has 1 radical (unpaired) electrons. The van der Waals surface area contributed by atoms with Gasteiger partial charge in [-0.1, -0.05) is 6.07 Å². The lowest BCUT2D eigenvalue weighted by Crippen LogP contribution is -2.11. The van der Waals surface area contributed by atoms with Gasteiger partial charge in [0.05, 0.1) is 6.20 Å². The molecule has 0 spiro atoms. The average molecular weight is 286 g/mol. The number of hydrogen-bond acceptors (Lipinski definition) is 3. The summed E-state index contributed by atoms with van der Waals surface area (Å²) in [5.41, 5.74) is 4.02. The molecule has 0 bridgehead atoms. The Bertz CT molecular complexity index is 632. The highest BCUT2D eigenvalue weighted by Gasteiger charge is 2.08. The number of aryl methyl sites for hydroxylation is 2. The molecule has 0 N–H and O–H groups in total. The smallest absolute Gasteiger partial charge is 0.274 e. The van der Waals surface area contributed by atoms with Crippen molar-refractivity contribution in [2.24, 2.45) is 12.0 Å². The zero-order valence-corrected chi connectivity index (χ0v) is 13.6. The van der Waals surface area contributed by atoms with Gasteiger partial charge in [0, 0.05) is 24.5 Å². The van der Waals surface area contributed by atoms with Gasteiger partial charge in [-0.3, -0.25) is 4.68 Å². The Kier molecular flexibility index (Phi) is 4.39. The van der Waals surface area contributed by atoms with E-state index < -0.39 is 9.04 Å². The van der Waals surface area contributed by atoms with E-state index in [2.05, 4.69) is 31.2 Å². The molecule has 2 aromatic rings. The van der Waals surface area contributed by atoms with Crippen molar-refractivity contribution in [3.63, 3.8) is 0 Å². The van der Waals surface area contributed by atoms with Crippen LogP contribution in [-0.4, -0.2) is 24.5 Å². The van der Waals surface area contributed by atoms with Crippen LogP contribution in [0.5, 0.6) is 5.75 Å². The first-order chi connectivity index (χ1) is 9.45. The van der Waals surface area contributed by atoms with Crippen LogP contribution in [0.15, 0.2) is 35.6 Å². The highest BCUT2D eigenvalue weighted by molar-refractivity contribution is 6.49. The van der Waals surface area contributed by atoms with Crippen LogP contribution in [0.2, 0.25) is 13.1 Å². The molecule has 1 heterocycles. The summed E-state index contributed by atoms with van der Waals surface area (Å²) in [5, 5.41) is 4.17. The zero-order valence-electron chi connectivity index (χ0n) is 12.6. The first-order valence-corrected chi connectivity index (χ1v) is 8.99. The van der Waals surface area contributed by atoms with E-state index in [-0.39, 0.29) is 0 Å². The summed E-state index contributed by atoms with van der Waals surface area (Å²) in [6.07, 6.45) is 3.78. The quantitative estimate of drug-likeness (QED) is 0.637. The predicted molar refractivity (Wildman–Crippen MR) is 84.4 cm³/mol. The van der Waals surface area contributed by atoms with E-state index in [0.717, 1.165) is 22.7 Å². The minimum atomic E-state index is -0.806. The lowest BCUT2D eigenvalue weighted by Gasteiger charge is -2.12. The molecule has 0 aliphatic heterocycles. The maximum atomic E-state index is 5.94. The molecule has 0 saturated heterocycles. The summed E-state index contributed by atoms with van der Waals surface area (Å²) in [7, 11) is 1.10. The molecule has 0 aliphatic rings. The van der Waals surface area contributed by atoms with Crippen molar-refractivity contribution in [3.8, 4) is 5.75 Å². The highest BCUT2D eigenvalue weighted by atomic mass is 28.3. The predicted octanol–water partition coefficient (Wildman–Crippen LogP) is 3.50. The van der Waals surface area contributed by atoms with Gasteiger partial charge in [0.25, 0.3) is 9.04 Å². The molecule has 0 aliphatic carbocycles. The lowest BCUT2D eigenvalue weighted by molar-refractivity contribution is 0.581. The van der Waals surface area contributed by atoms with Crippen molar-refractivity contribution in [2.75, 3.05) is 0 Å². The molecule has 0 amide bonds. The van der Waals surface area contributed by atoms with Crippen LogP contribution < -0.4 is 4.43 Å². The van der Waals surface area contributed by atoms with E-state index in [1.807, 2.05) is 38.5 Å². The molecular formula is C15H20N3OSi. The van der Waals surface area contributed by atoms with Crippen molar-refractivity contribution in [1.29, 1.82) is 0 Å². The van der Waals surface area contributed by atoms with Crippen molar-refractivity contribution < 1.29 is 4.43 Å². The van der Waals surface area contributed by atoms with E-state index in [1.165, 1.54) is 5.56 Å². The zero-order chi connectivity index (χ0) is 14.7. The first kappa shape index (κ1) is 14.5. The van der Waals surface area contributed by atoms with Crippen LogP contribution >= 0.6 is 0 Å². The second-order valence-corrected chi connectivity index (χ2v) is 7.10. The third kappa shape index (κ3) is 3.57. The fourth-order valence-corrected chi connectivity index (χ4v) is 2.47. The van der Waals surface area contributed by atoms with Gasteiger partial charge >= 0.3 is 0 Å². The number of aromatic nitrogens is 2. The number of nitrogens with zero attached hydrogens (tertiary/aromatic N) is 3. The number of rotatable bonds is 4. The Morgan fingerprint density at radius 1 is 1.35 bits per heavy atom. The van der Waals surface area contributed by atoms with Gasteiger partial charge in [-0.2, -0.15) is 5.10 Å². The minimum Gasteiger partial charge on any atom is -0.541 e. The summed E-state index contributed by atoms with van der Waals surface area (Å²) in [6, 6.07) is 6.11. The van der Waals surface area contributed by atoms with E-state index >= 15 is 0 Å². The molecule has 0 fully saturated rings. The molecule has 1 aromatic carbocycles. The largest absolute Gasteiger partial charge is 0.541 e. The maximum absolute atomic E-state index is 5.94. The van der Waals surface area contributed by atoms with Crippen LogP contribution in [0, 0.1) is 6.92 Å². The summed E-state index contributed by atoms with van der Waals surface area (Å²) >= 11 is 0. The number of aliphatic imine (C=N–C) groups is 1. The second kappa shape index (κ2) is 6.05. The molecule has 5 heteroatoms. The molecule has 20 heavy (non-hydrogen) atoms. The Morgan fingerprint density at radius 3 is 2.70 bits per heavy atom. The molecule has 0 unspecified atom stereocenters. The topological polar surface area (TPSA) is 39.4 Å². The molecule has 0 saturated carbocycles. The summed E-state index contributed by atoms with van der Waals surface area (Å²) < 4.78 is 7.72. The van der Waals surface area contributed by atoms with E-state index in [4.69, 9.17) is 9.42 Å². The molecule has 4 nitrogen and oxygen atoms in total. The standard InChI is InChI=1S/C15H20N3OSi/c1-11-6-7-14(15(8-11)19-20(4)5)17-12(2)13-9-16-18(3)10-13/h6-10H,1-5H3. The van der Waals surface area contributed by atoms with Gasteiger partial charge in [0.1, 0.15) is 11.4 Å². The van der Waals surface area contributed by atoms with Crippen molar-refractivity contribution in [1.82, 2.24) is 9.78 Å². The van der Waals surface area contributed by atoms with E-state index in [9.17, 15) is 0 Å². The lowest BCUT2D eigenvalue weighted by atomic mass is 10.2. The van der Waals surface area contributed by atoms with Gasteiger partial charge in [-0.25, -0.2) is 4.99 Å². The Hall–Kier alpha value is -1.88. The Morgan fingerprint density at radius 2 is 2.10 bits per heavy atom. The number of benzene rings is 1. The fourth-order valence-electron chi connectivity index (χ4n) is 1.87. The van der Waals surface area contributed by atoms with Crippen molar-refractivity contribution in [3.05, 3.63) is 41.7 Å². The third-order valence-electron chi connectivity index (χ3n) is 2.84. The summed E-state index contributed by atoms with van der Waals surface area (Å²) in [6.45, 7) is 8.29. The third-order valence-corrected chi connectivity index (χ3v) is 3.47. The van der Waals surface area contributed by atoms with Crippen LogP contribution in [-0.2, 0) is 7.05 Å². The molecular weight excluding hydrogens is 266 g/mol. The molecule has 0 atom stereocenters. The van der Waals surface area contributed by atoms with E-state index in [0.29, 0.717) is 0 Å². The first-order valence-electron chi connectivity index (χ1n) is 6.58. The second-order valence-electron chi connectivity index (χ2n) is 5.08. The molecule has 1 aromatic heterocycles. The van der Waals surface area contributed by atoms with Crippen LogP contribution in [0.1, 0.15) is 18.1 Å². The van der Waals surface area contributed by atoms with Gasteiger partial charge in [0.2, 0.25) is 0 Å². The normalized spacial score (nSPS) is 12.0. The van der Waals surface area contributed by atoms with Gasteiger partial charge < -0.3 is 4.43 Å². The van der Waals surface area contributed by atoms with Gasteiger partial charge in [-0.15, -0.1) is 0 Å². The summed E-state index contributed by atoms with van der Waals surface area (Å²) in [5.74, 6) is 0.868. The molecule has 2 rings (SSSR count). The maximum Gasteiger partial charge on any atom is 0.274 e. The monoisotopic (exact) mass is 286 g/mol. The average Bonchev–Trinajstić information content (AvgIpc) is 2.78. The summed E-state index contributed by atoms with van der Waals surface area (Å²) in [4.78, 5) is 4.69. The van der Waals surface area contributed by atoms with E-state index in [1.54, 1.807) is 4.68 Å². The Labute approximate surface area is 121 Å². The van der Waals surface area contributed by atoms with Crippen molar-refractivity contribution in [2.45, 2.75) is 26.9 Å². The van der Waals surface area contributed by atoms with Gasteiger partial charge in [0.15, 0.2) is 0 Å². The Balaban J connectivity index is 2.36. The van der Waals surface area contributed by atoms with Gasteiger partial charge in [-0.05, 0) is 44.6 Å². The van der Waals surface area contributed by atoms with Crippen LogP contribution in [0.25, 0.3) is 0 Å². The minimum absolute atomic E-state index is 0.806. The van der Waals surface area contributed by atoms with Crippen molar-refractivity contribution >= 4 is 20.4 Å². The highest BCUT2D eigenvalue weighted by Crippen LogP contribution is 2.29. The van der Waals surface area contributed by atoms with Crippen LogP contribution in [0.4, 0.5) is 5.69 Å². The van der Waals surface area contributed by atoms with Crippen LogP contribution in [0.3, 0.4) is 0 Å². The molecule has 105 valence electrons. The SMILES string of the molecule is CC(=Nc1ccc(C)cc1O[Si](C)C)c1cnn(C)c1.